The number of allylic oxidation sites excluding steroid dienone is 2. The van der Waals surface area contributed by atoms with Gasteiger partial charge in [-0.2, -0.15) is 0 Å². The average Bonchev–Trinajstić information content (AvgIpc) is 2.69. The quantitative estimate of drug-likeness (QED) is 0.412. The molecule has 0 amide bonds. The zero-order valence-electron chi connectivity index (χ0n) is 17.8. The molecule has 0 radical (unpaired) electrons. The monoisotopic (exact) mass is 388 g/mol. The van der Waals surface area contributed by atoms with E-state index >= 15 is 0 Å². The molecule has 0 saturated heterocycles. The normalized spacial score (nSPS) is 30.6. The van der Waals surface area contributed by atoms with E-state index in [9.17, 15) is 8.78 Å². The summed E-state index contributed by atoms with van der Waals surface area (Å²) in [6, 6.07) is 9.23. The molecule has 0 aliphatic heterocycles. The molecule has 2 fully saturated rings. The molecule has 0 N–H and O–H groups in total. The number of rotatable bonds is 7. The third kappa shape index (κ3) is 5.67. The van der Waals surface area contributed by atoms with Crippen molar-refractivity contribution in [1.29, 1.82) is 0 Å². The molecule has 0 aromatic heterocycles. The molecule has 2 atom stereocenters. The lowest BCUT2D eigenvalue weighted by molar-refractivity contribution is -0.0986. The highest BCUT2D eigenvalue weighted by molar-refractivity contribution is 5.26. The van der Waals surface area contributed by atoms with Crippen LogP contribution in [0.4, 0.5) is 8.78 Å². The van der Waals surface area contributed by atoms with E-state index in [0.717, 1.165) is 19.3 Å². The summed E-state index contributed by atoms with van der Waals surface area (Å²) in [6.45, 7) is 4.23. The van der Waals surface area contributed by atoms with Crippen molar-refractivity contribution in [2.24, 2.45) is 17.8 Å². The first-order chi connectivity index (χ1) is 13.5. The molecule has 0 spiro atoms. The highest BCUT2D eigenvalue weighted by atomic mass is 19.3. The van der Waals surface area contributed by atoms with Gasteiger partial charge < -0.3 is 0 Å². The van der Waals surface area contributed by atoms with Gasteiger partial charge in [0.1, 0.15) is 0 Å². The third-order valence-electron chi connectivity index (χ3n) is 7.07. The second-order valence-electron chi connectivity index (χ2n) is 9.28. The molecule has 0 bridgehead atoms. The van der Waals surface area contributed by atoms with Crippen LogP contribution in [-0.4, -0.2) is 5.92 Å². The Morgan fingerprint density at radius 2 is 1.50 bits per heavy atom. The molecule has 1 aromatic carbocycles. The van der Waals surface area contributed by atoms with Crippen LogP contribution in [0.25, 0.3) is 0 Å². The minimum atomic E-state index is -2.47. The maximum absolute atomic E-state index is 14.4. The summed E-state index contributed by atoms with van der Waals surface area (Å²) in [5.74, 6) is -1.52. The van der Waals surface area contributed by atoms with Crippen LogP contribution < -0.4 is 0 Å². The van der Waals surface area contributed by atoms with Crippen molar-refractivity contribution in [3.63, 3.8) is 0 Å². The minimum absolute atomic E-state index is 0.0631. The molecule has 0 nitrogen and oxygen atoms in total. The zero-order valence-corrected chi connectivity index (χ0v) is 17.8. The minimum Gasteiger partial charge on any atom is -0.207 e. The van der Waals surface area contributed by atoms with E-state index in [4.69, 9.17) is 0 Å². The largest absolute Gasteiger partial charge is 0.251 e. The van der Waals surface area contributed by atoms with Gasteiger partial charge in [0.25, 0.3) is 5.92 Å². The van der Waals surface area contributed by atoms with Gasteiger partial charge in [-0.1, -0.05) is 63.1 Å². The van der Waals surface area contributed by atoms with Gasteiger partial charge in [0.15, 0.2) is 0 Å². The summed E-state index contributed by atoms with van der Waals surface area (Å²) >= 11 is 0. The Kier molecular flexibility index (Phi) is 7.71. The first-order valence-electron chi connectivity index (χ1n) is 11.7. The second kappa shape index (κ2) is 10.0. The Morgan fingerprint density at radius 3 is 2.11 bits per heavy atom. The number of hydrogen-bond donors (Lipinski definition) is 0. The molecule has 2 unspecified atom stereocenters. The molecule has 3 rings (SSSR count). The van der Waals surface area contributed by atoms with Crippen molar-refractivity contribution in [1.82, 2.24) is 0 Å². The van der Waals surface area contributed by atoms with Crippen LogP contribution in [0, 0.1) is 17.8 Å². The van der Waals surface area contributed by atoms with Gasteiger partial charge in [0, 0.05) is 12.3 Å². The summed E-state index contributed by atoms with van der Waals surface area (Å²) in [5.41, 5.74) is 2.92. The van der Waals surface area contributed by atoms with Gasteiger partial charge in [0.05, 0.1) is 0 Å². The van der Waals surface area contributed by atoms with Crippen molar-refractivity contribution >= 4 is 0 Å². The zero-order chi connectivity index (χ0) is 20.0. The van der Waals surface area contributed by atoms with Gasteiger partial charge in [-0.05, 0) is 80.2 Å². The maximum Gasteiger partial charge on any atom is 0.251 e. The summed E-state index contributed by atoms with van der Waals surface area (Å²) in [5, 5.41) is 0. The number of halogens is 2. The van der Waals surface area contributed by atoms with Crippen LogP contribution in [-0.2, 0) is 6.42 Å². The lowest BCUT2D eigenvalue weighted by Crippen LogP contribution is -2.35. The van der Waals surface area contributed by atoms with Crippen LogP contribution in [0.3, 0.4) is 0 Å². The highest BCUT2D eigenvalue weighted by Gasteiger charge is 2.43. The molecule has 156 valence electrons. The lowest BCUT2D eigenvalue weighted by atomic mass is 9.75. The smallest absolute Gasteiger partial charge is 0.207 e. The predicted octanol–water partition coefficient (Wildman–Crippen LogP) is 8.32. The summed E-state index contributed by atoms with van der Waals surface area (Å²) < 4.78 is 28.7. The molecule has 0 heterocycles. The number of benzene rings is 1. The molecule has 2 heteroatoms. The molecule has 2 aliphatic carbocycles. The van der Waals surface area contributed by atoms with Crippen LogP contribution in [0.1, 0.15) is 95.1 Å². The van der Waals surface area contributed by atoms with Gasteiger partial charge >= 0.3 is 0 Å². The van der Waals surface area contributed by atoms with Gasteiger partial charge in [-0.25, -0.2) is 8.78 Å². The van der Waals surface area contributed by atoms with Crippen LogP contribution in [0.2, 0.25) is 0 Å². The molecule has 1 aromatic rings. The van der Waals surface area contributed by atoms with Crippen molar-refractivity contribution < 1.29 is 8.78 Å². The van der Waals surface area contributed by atoms with E-state index < -0.39 is 5.92 Å². The number of aryl methyl sites for hydroxylation is 1. The van der Waals surface area contributed by atoms with E-state index in [0.29, 0.717) is 24.7 Å². The van der Waals surface area contributed by atoms with Crippen molar-refractivity contribution in [3.8, 4) is 0 Å². The second-order valence-corrected chi connectivity index (χ2v) is 9.28. The third-order valence-corrected chi connectivity index (χ3v) is 7.07. The first kappa shape index (κ1) is 21.5. The molecular formula is C26H38F2. The molecule has 2 saturated carbocycles. The molecule has 28 heavy (non-hydrogen) atoms. The van der Waals surface area contributed by atoms with Crippen molar-refractivity contribution in [2.75, 3.05) is 0 Å². The fourth-order valence-corrected chi connectivity index (χ4v) is 5.32. The predicted molar refractivity (Wildman–Crippen MR) is 115 cm³/mol. The fourth-order valence-electron chi connectivity index (χ4n) is 5.32. The van der Waals surface area contributed by atoms with Crippen molar-refractivity contribution in [2.45, 2.75) is 96.3 Å². The molecule has 2 aliphatic rings. The Morgan fingerprint density at radius 1 is 0.857 bits per heavy atom. The fraction of sp³-hybridized carbons (Fsp3) is 0.692. The SMILES string of the molecule is CCCc1ccc(C2CCC(/C=C/C3CCC(CCC)C(F)(F)C3)CC2)cc1. The van der Waals surface area contributed by atoms with Gasteiger partial charge in [-0.3, -0.25) is 0 Å². The summed E-state index contributed by atoms with van der Waals surface area (Å²) in [6.07, 6.45) is 14.9. The van der Waals surface area contributed by atoms with E-state index in [1.807, 2.05) is 6.92 Å². The Balaban J connectivity index is 1.46. The summed E-state index contributed by atoms with van der Waals surface area (Å²) in [7, 11) is 0. The number of hydrogen-bond acceptors (Lipinski definition) is 0. The van der Waals surface area contributed by atoms with E-state index in [2.05, 4.69) is 43.3 Å². The van der Waals surface area contributed by atoms with Crippen LogP contribution in [0.5, 0.6) is 0 Å². The molecular weight excluding hydrogens is 350 g/mol. The average molecular weight is 389 g/mol. The Labute approximate surface area is 170 Å². The van der Waals surface area contributed by atoms with E-state index in [1.165, 1.54) is 43.2 Å². The van der Waals surface area contributed by atoms with Crippen LogP contribution >= 0.6 is 0 Å². The Bertz CT molecular complexity index is 608. The maximum atomic E-state index is 14.4. The summed E-state index contributed by atoms with van der Waals surface area (Å²) in [4.78, 5) is 0. The highest BCUT2D eigenvalue weighted by Crippen LogP contribution is 2.44. The van der Waals surface area contributed by atoms with E-state index in [1.54, 1.807) is 0 Å². The van der Waals surface area contributed by atoms with Crippen LogP contribution in [0.15, 0.2) is 36.4 Å². The standard InChI is InChI=1S/C26H38F2/c1-3-5-20-9-14-23(15-10-20)24-16-11-21(12-17-24)7-8-22-13-18-25(6-4-2)26(27,28)19-22/h7-10,14-15,21-22,24-25H,3-6,11-13,16-19H2,1-2H3/b8-7+. The number of alkyl halides is 2. The first-order valence-corrected chi connectivity index (χ1v) is 11.7. The van der Waals surface area contributed by atoms with E-state index in [-0.39, 0.29) is 18.3 Å². The van der Waals surface area contributed by atoms with Crippen molar-refractivity contribution in [3.05, 3.63) is 47.5 Å². The van der Waals surface area contributed by atoms with Gasteiger partial charge in [-0.15, -0.1) is 0 Å². The lowest BCUT2D eigenvalue weighted by Gasteiger charge is -2.35. The van der Waals surface area contributed by atoms with Gasteiger partial charge in [0.2, 0.25) is 0 Å². The Hall–Kier alpha value is -1.18. The topological polar surface area (TPSA) is 0 Å².